The van der Waals surface area contributed by atoms with E-state index in [0.717, 1.165) is 6.26 Å². The Morgan fingerprint density at radius 2 is 1.93 bits per heavy atom. The van der Waals surface area contributed by atoms with Crippen molar-refractivity contribution >= 4 is 21.8 Å². The number of carbonyl (C=O) groups excluding carboxylic acids is 2. The molecule has 4 heterocycles. The van der Waals surface area contributed by atoms with Gasteiger partial charge >= 0.3 is 11.9 Å². The summed E-state index contributed by atoms with van der Waals surface area (Å²) in [5.74, 6) is -1.85. The van der Waals surface area contributed by atoms with Crippen molar-refractivity contribution in [2.24, 2.45) is 16.7 Å². The first-order chi connectivity index (χ1) is 13.7. The highest BCUT2D eigenvalue weighted by Gasteiger charge is 2.87. The number of esters is 2. The molecule has 2 saturated carbocycles. The van der Waals surface area contributed by atoms with Crippen LogP contribution in [0, 0.1) is 16.7 Å². The molecule has 1 N–H and O–H groups in total. The Hall–Kier alpha value is -1.49. The van der Waals surface area contributed by atoms with E-state index < -0.39 is 61.9 Å². The second kappa shape index (κ2) is 4.95. The lowest BCUT2D eigenvalue weighted by molar-refractivity contribution is -0.168. The molecular formula is C20H24O9S. The third-order valence-corrected chi connectivity index (χ3v) is 9.28. The molecule has 10 atom stereocenters. The summed E-state index contributed by atoms with van der Waals surface area (Å²) in [6, 6.07) is 0. The number of epoxide rings is 2. The van der Waals surface area contributed by atoms with Crippen LogP contribution in [0.5, 0.6) is 0 Å². The van der Waals surface area contributed by atoms with Gasteiger partial charge in [0.05, 0.1) is 11.9 Å². The molecule has 1 unspecified atom stereocenters. The number of ether oxygens (including phenoxy) is 4. The van der Waals surface area contributed by atoms with E-state index in [2.05, 4.69) is 0 Å². The van der Waals surface area contributed by atoms with Crippen molar-refractivity contribution in [3.05, 3.63) is 11.6 Å². The van der Waals surface area contributed by atoms with Crippen LogP contribution in [0.4, 0.5) is 0 Å². The number of aliphatic hydroxyl groups is 1. The second-order valence-electron chi connectivity index (χ2n) is 10.5. The fourth-order valence-electron chi connectivity index (χ4n) is 7.32. The Balaban J connectivity index is 1.51. The summed E-state index contributed by atoms with van der Waals surface area (Å²) in [7, 11) is -3.59. The summed E-state index contributed by atoms with van der Waals surface area (Å²) in [5.41, 5.74) is -3.96. The van der Waals surface area contributed by atoms with Crippen LogP contribution in [0.3, 0.4) is 0 Å². The minimum absolute atomic E-state index is 0.122. The van der Waals surface area contributed by atoms with Gasteiger partial charge in [-0.25, -0.2) is 13.2 Å². The van der Waals surface area contributed by atoms with Gasteiger partial charge < -0.3 is 24.1 Å². The van der Waals surface area contributed by atoms with E-state index in [9.17, 15) is 23.1 Å². The first-order valence-electron chi connectivity index (χ1n) is 10.1. The Kier molecular flexibility index (Phi) is 3.17. The van der Waals surface area contributed by atoms with Crippen LogP contribution >= 0.6 is 0 Å². The SMILES string of the molecule is CC(O)(CS(C)(=O)=O)[C@H]1OC(=O)C=C2[C@@]13O[C@@H]3[C@H]1OC(=O)[C@@]3(C)[C@H]4O[C@H]4C[C@@]2(C)[C@@H]13. The van der Waals surface area contributed by atoms with E-state index in [-0.39, 0.29) is 24.1 Å². The zero-order valence-electron chi connectivity index (χ0n) is 17.1. The van der Waals surface area contributed by atoms with Gasteiger partial charge in [-0.15, -0.1) is 0 Å². The summed E-state index contributed by atoms with van der Waals surface area (Å²) < 4.78 is 47.2. The van der Waals surface area contributed by atoms with Gasteiger partial charge in [0.15, 0.2) is 11.7 Å². The number of carbonyl (C=O) groups is 2. The summed E-state index contributed by atoms with van der Waals surface area (Å²) >= 11 is 0. The maximum absolute atomic E-state index is 12.9. The molecule has 0 aromatic heterocycles. The molecule has 0 aromatic carbocycles. The van der Waals surface area contributed by atoms with E-state index in [4.69, 9.17) is 18.9 Å². The van der Waals surface area contributed by atoms with E-state index in [0.29, 0.717) is 12.0 Å². The van der Waals surface area contributed by atoms with Crippen LogP contribution in [0.1, 0.15) is 27.2 Å². The highest BCUT2D eigenvalue weighted by molar-refractivity contribution is 7.90. The fourth-order valence-corrected chi connectivity index (χ4v) is 8.53. The number of hydrogen-bond acceptors (Lipinski definition) is 9. The fraction of sp³-hybridized carbons (Fsp3) is 0.800. The molecule has 0 aromatic rings. The predicted octanol–water partition coefficient (Wildman–Crippen LogP) is -0.490. The summed E-state index contributed by atoms with van der Waals surface area (Å²) in [4.78, 5) is 25.5. The lowest BCUT2D eigenvalue weighted by Gasteiger charge is -2.53. The van der Waals surface area contributed by atoms with Crippen molar-refractivity contribution in [1.82, 2.24) is 0 Å². The maximum Gasteiger partial charge on any atom is 0.331 e. The third-order valence-electron chi connectivity index (χ3n) is 8.17. The molecule has 2 aliphatic carbocycles. The minimum Gasteiger partial charge on any atom is -0.459 e. The molecule has 30 heavy (non-hydrogen) atoms. The van der Waals surface area contributed by atoms with Gasteiger partial charge in [-0.05, 0) is 25.8 Å². The molecule has 0 amide bonds. The molecule has 6 aliphatic rings. The standard InChI is InChI=1S/C20H24O9S/c1-17-6-8-13(26-8)19(3)12(17)11(28-16(19)22)14-20(29-14)9(17)5-10(21)27-15(20)18(2,23)7-30(4,24)25/h5,8,11-15,23H,6-7H2,1-4H3/t8-,11-,12+,13-,14+,15+,17+,18?,19+,20-/m0/s1. The average Bonchev–Trinajstić information content (AvgIpc) is 3.47. The smallest absolute Gasteiger partial charge is 0.331 e. The molecule has 4 aliphatic heterocycles. The molecule has 10 heteroatoms. The van der Waals surface area contributed by atoms with Gasteiger partial charge in [-0.1, -0.05) is 6.92 Å². The maximum atomic E-state index is 12.9. The lowest BCUT2D eigenvalue weighted by atomic mass is 9.47. The zero-order chi connectivity index (χ0) is 21.6. The lowest BCUT2D eigenvalue weighted by Crippen LogP contribution is -2.65. The van der Waals surface area contributed by atoms with Gasteiger partial charge in [0.2, 0.25) is 0 Å². The largest absolute Gasteiger partial charge is 0.459 e. The van der Waals surface area contributed by atoms with Gasteiger partial charge in [0, 0.05) is 23.7 Å². The molecule has 1 spiro atoms. The van der Waals surface area contributed by atoms with Crippen molar-refractivity contribution in [1.29, 1.82) is 0 Å². The van der Waals surface area contributed by atoms with Crippen molar-refractivity contribution < 1.29 is 42.1 Å². The molecule has 164 valence electrons. The van der Waals surface area contributed by atoms with E-state index in [1.165, 1.54) is 13.0 Å². The van der Waals surface area contributed by atoms with Gasteiger partial charge in [-0.3, -0.25) is 4.79 Å². The van der Waals surface area contributed by atoms with E-state index in [1.54, 1.807) is 0 Å². The summed E-state index contributed by atoms with van der Waals surface area (Å²) in [5, 5.41) is 11.1. The topological polar surface area (TPSA) is 132 Å². The van der Waals surface area contributed by atoms with Crippen LogP contribution in [-0.4, -0.2) is 79.2 Å². The van der Waals surface area contributed by atoms with Crippen LogP contribution < -0.4 is 0 Å². The molecule has 0 bridgehead atoms. The quantitative estimate of drug-likeness (QED) is 0.456. The highest BCUT2D eigenvalue weighted by Crippen LogP contribution is 2.75. The first-order valence-corrected chi connectivity index (χ1v) is 12.2. The van der Waals surface area contributed by atoms with Crippen molar-refractivity contribution in [3.63, 3.8) is 0 Å². The number of cyclic esters (lactones) is 1. The minimum atomic E-state index is -3.59. The molecule has 3 saturated heterocycles. The molecule has 5 fully saturated rings. The van der Waals surface area contributed by atoms with Gasteiger partial charge in [0.1, 0.15) is 39.2 Å². The second-order valence-corrected chi connectivity index (χ2v) is 12.6. The Morgan fingerprint density at radius 3 is 2.60 bits per heavy atom. The van der Waals surface area contributed by atoms with Gasteiger partial charge in [0.25, 0.3) is 0 Å². The molecular weight excluding hydrogens is 416 g/mol. The monoisotopic (exact) mass is 440 g/mol. The number of rotatable bonds is 3. The zero-order valence-corrected chi connectivity index (χ0v) is 17.9. The first kappa shape index (κ1) is 19.2. The van der Waals surface area contributed by atoms with Gasteiger partial charge in [-0.2, -0.15) is 0 Å². The molecule has 6 rings (SSSR count). The normalized spacial score (nSPS) is 54.4. The van der Waals surface area contributed by atoms with Crippen LogP contribution in [0.25, 0.3) is 0 Å². The third kappa shape index (κ3) is 2.02. The average molecular weight is 440 g/mol. The Morgan fingerprint density at radius 1 is 1.23 bits per heavy atom. The van der Waals surface area contributed by atoms with Crippen LogP contribution in [0.2, 0.25) is 0 Å². The number of sulfone groups is 1. The van der Waals surface area contributed by atoms with E-state index >= 15 is 0 Å². The number of fused-ring (bicyclic) bond motifs is 4. The summed E-state index contributed by atoms with van der Waals surface area (Å²) in [6.45, 7) is 5.17. The molecule has 0 radical (unpaired) electrons. The van der Waals surface area contributed by atoms with Crippen molar-refractivity contribution in [2.75, 3.05) is 12.0 Å². The Labute approximate surface area is 173 Å². The van der Waals surface area contributed by atoms with Crippen molar-refractivity contribution in [2.45, 2.75) is 68.9 Å². The summed E-state index contributed by atoms with van der Waals surface area (Å²) in [6.07, 6.45) is 0.231. The Bertz CT molecular complexity index is 1050. The van der Waals surface area contributed by atoms with Crippen LogP contribution in [0.15, 0.2) is 11.6 Å². The van der Waals surface area contributed by atoms with Crippen LogP contribution in [-0.2, 0) is 38.4 Å². The van der Waals surface area contributed by atoms with Crippen molar-refractivity contribution in [3.8, 4) is 0 Å². The molecule has 9 nitrogen and oxygen atoms in total. The predicted molar refractivity (Wildman–Crippen MR) is 98.8 cm³/mol. The number of hydrogen-bond donors (Lipinski definition) is 1. The van der Waals surface area contributed by atoms with E-state index in [1.807, 2.05) is 13.8 Å². The highest BCUT2D eigenvalue weighted by atomic mass is 32.2.